The van der Waals surface area contributed by atoms with Crippen molar-refractivity contribution in [2.45, 2.75) is 33.6 Å². The summed E-state index contributed by atoms with van der Waals surface area (Å²) in [5, 5.41) is 9.06. The predicted octanol–water partition coefficient (Wildman–Crippen LogP) is 3.57. The summed E-state index contributed by atoms with van der Waals surface area (Å²) in [5.41, 5.74) is 3.70. The molecule has 1 nitrogen and oxygen atoms in total. The van der Waals surface area contributed by atoms with Gasteiger partial charge in [-0.3, -0.25) is 0 Å². The van der Waals surface area contributed by atoms with Gasteiger partial charge in [-0.05, 0) is 36.5 Å². The van der Waals surface area contributed by atoms with Crippen LogP contribution in [0.1, 0.15) is 36.5 Å². The molecule has 0 aliphatic carbocycles. The topological polar surface area (TPSA) is 23.8 Å². The Bertz CT molecular complexity index is 358. The third kappa shape index (κ3) is 2.14. The first-order valence-electron chi connectivity index (χ1n) is 5.03. The van der Waals surface area contributed by atoms with Crippen LogP contribution in [0.4, 0.5) is 0 Å². The Morgan fingerprint density at radius 2 is 1.79 bits per heavy atom. The van der Waals surface area contributed by atoms with E-state index < -0.39 is 0 Å². The monoisotopic (exact) mass is 187 g/mol. The van der Waals surface area contributed by atoms with Crippen LogP contribution in [0.15, 0.2) is 18.2 Å². The van der Waals surface area contributed by atoms with Gasteiger partial charge in [0.15, 0.2) is 0 Å². The normalized spacial score (nSPS) is 12.6. The highest BCUT2D eigenvalue weighted by Crippen LogP contribution is 2.25. The van der Waals surface area contributed by atoms with Crippen LogP contribution >= 0.6 is 0 Å². The fraction of sp³-hybridized carbons (Fsp3) is 0.462. The highest BCUT2D eigenvalue weighted by Gasteiger charge is 2.14. The second-order valence-corrected chi connectivity index (χ2v) is 4.19. The molecular weight excluding hydrogens is 170 g/mol. The fourth-order valence-electron chi connectivity index (χ4n) is 1.57. The van der Waals surface area contributed by atoms with E-state index in [0.717, 1.165) is 5.56 Å². The third-order valence-corrected chi connectivity index (χ3v) is 2.70. The SMILES string of the molecule is Cc1ccc(C(C#N)C(C)C)cc1C. The van der Waals surface area contributed by atoms with E-state index in [2.05, 4.69) is 52.0 Å². The maximum absolute atomic E-state index is 9.06. The lowest BCUT2D eigenvalue weighted by Crippen LogP contribution is -2.04. The Balaban J connectivity index is 3.08. The summed E-state index contributed by atoms with van der Waals surface area (Å²) in [5.74, 6) is 0.399. The van der Waals surface area contributed by atoms with Crippen LogP contribution in [-0.4, -0.2) is 0 Å². The predicted molar refractivity (Wildman–Crippen MR) is 59.1 cm³/mol. The second kappa shape index (κ2) is 4.28. The van der Waals surface area contributed by atoms with Crippen LogP contribution in [0.2, 0.25) is 0 Å². The number of benzene rings is 1. The standard InChI is InChI=1S/C13H17N/c1-9(2)13(8-14)12-6-5-10(3)11(4)7-12/h5-7,9,13H,1-4H3. The lowest BCUT2D eigenvalue weighted by molar-refractivity contribution is 0.587. The van der Waals surface area contributed by atoms with Gasteiger partial charge in [-0.25, -0.2) is 0 Å². The molecule has 0 spiro atoms. The molecule has 0 bridgehead atoms. The third-order valence-electron chi connectivity index (χ3n) is 2.70. The summed E-state index contributed by atoms with van der Waals surface area (Å²) < 4.78 is 0. The smallest absolute Gasteiger partial charge is 0.0735 e. The number of nitrogens with zero attached hydrogens (tertiary/aromatic N) is 1. The summed E-state index contributed by atoms with van der Waals surface area (Å²) in [7, 11) is 0. The molecule has 0 aliphatic heterocycles. The average Bonchev–Trinajstić information content (AvgIpc) is 2.11. The van der Waals surface area contributed by atoms with Crippen LogP contribution in [-0.2, 0) is 0 Å². The number of hydrogen-bond donors (Lipinski definition) is 0. The fourth-order valence-corrected chi connectivity index (χ4v) is 1.57. The maximum Gasteiger partial charge on any atom is 0.0735 e. The summed E-state index contributed by atoms with van der Waals surface area (Å²) in [6, 6.07) is 8.65. The van der Waals surface area contributed by atoms with Crippen LogP contribution < -0.4 is 0 Å². The molecule has 1 aromatic carbocycles. The molecular formula is C13H17N. The van der Waals surface area contributed by atoms with E-state index in [1.165, 1.54) is 11.1 Å². The van der Waals surface area contributed by atoms with Crippen molar-refractivity contribution >= 4 is 0 Å². The van der Waals surface area contributed by atoms with Crippen molar-refractivity contribution in [3.63, 3.8) is 0 Å². The van der Waals surface area contributed by atoms with Crippen LogP contribution in [0.25, 0.3) is 0 Å². The van der Waals surface area contributed by atoms with Crippen LogP contribution in [0.3, 0.4) is 0 Å². The number of aryl methyl sites for hydroxylation is 2. The van der Waals surface area contributed by atoms with Crippen molar-refractivity contribution in [2.24, 2.45) is 5.92 Å². The quantitative estimate of drug-likeness (QED) is 0.694. The molecule has 0 heterocycles. The van der Waals surface area contributed by atoms with E-state index in [1.54, 1.807) is 0 Å². The second-order valence-electron chi connectivity index (χ2n) is 4.19. The Hall–Kier alpha value is -1.29. The van der Waals surface area contributed by atoms with Crippen molar-refractivity contribution in [2.75, 3.05) is 0 Å². The molecule has 1 heteroatoms. The van der Waals surface area contributed by atoms with Crippen LogP contribution in [0, 0.1) is 31.1 Å². The molecule has 0 fully saturated rings. The molecule has 0 aromatic heterocycles. The Kier molecular flexibility index (Phi) is 3.30. The molecule has 1 unspecified atom stereocenters. The highest BCUT2D eigenvalue weighted by atomic mass is 14.3. The zero-order chi connectivity index (χ0) is 10.7. The molecule has 74 valence electrons. The van der Waals surface area contributed by atoms with Gasteiger partial charge in [0.2, 0.25) is 0 Å². The molecule has 1 aromatic rings. The van der Waals surface area contributed by atoms with Gasteiger partial charge in [0, 0.05) is 0 Å². The van der Waals surface area contributed by atoms with Gasteiger partial charge in [-0.15, -0.1) is 0 Å². The van der Waals surface area contributed by atoms with E-state index in [0.29, 0.717) is 5.92 Å². The van der Waals surface area contributed by atoms with Gasteiger partial charge in [-0.1, -0.05) is 32.0 Å². The first-order valence-corrected chi connectivity index (χ1v) is 5.03. The Morgan fingerprint density at radius 1 is 1.14 bits per heavy atom. The average molecular weight is 187 g/mol. The van der Waals surface area contributed by atoms with Gasteiger partial charge in [0.05, 0.1) is 12.0 Å². The molecule has 0 radical (unpaired) electrons. The highest BCUT2D eigenvalue weighted by molar-refractivity contribution is 5.34. The van der Waals surface area contributed by atoms with Crippen molar-refractivity contribution < 1.29 is 0 Å². The van der Waals surface area contributed by atoms with Crippen LogP contribution in [0.5, 0.6) is 0 Å². The Labute approximate surface area is 86.4 Å². The zero-order valence-corrected chi connectivity index (χ0v) is 9.33. The summed E-state index contributed by atoms with van der Waals surface area (Å²) in [6.07, 6.45) is 0. The first kappa shape index (κ1) is 10.8. The molecule has 1 rings (SSSR count). The van der Waals surface area contributed by atoms with Gasteiger partial charge in [0.1, 0.15) is 0 Å². The molecule has 0 saturated heterocycles. The van der Waals surface area contributed by atoms with Gasteiger partial charge in [-0.2, -0.15) is 5.26 Å². The number of nitriles is 1. The Morgan fingerprint density at radius 3 is 2.21 bits per heavy atom. The van der Waals surface area contributed by atoms with Gasteiger partial charge >= 0.3 is 0 Å². The van der Waals surface area contributed by atoms with Crippen molar-refractivity contribution in [1.82, 2.24) is 0 Å². The van der Waals surface area contributed by atoms with E-state index in [4.69, 9.17) is 5.26 Å². The molecule has 0 saturated carbocycles. The van der Waals surface area contributed by atoms with E-state index in [9.17, 15) is 0 Å². The van der Waals surface area contributed by atoms with Gasteiger partial charge < -0.3 is 0 Å². The molecule has 1 atom stereocenters. The van der Waals surface area contributed by atoms with E-state index in [1.807, 2.05) is 0 Å². The minimum absolute atomic E-state index is 0.0225. The lowest BCUT2D eigenvalue weighted by Gasteiger charge is -2.14. The number of rotatable bonds is 2. The molecule has 0 N–H and O–H groups in total. The minimum Gasteiger partial charge on any atom is -0.198 e. The van der Waals surface area contributed by atoms with Crippen molar-refractivity contribution in [3.05, 3.63) is 34.9 Å². The number of hydrogen-bond acceptors (Lipinski definition) is 1. The minimum atomic E-state index is 0.0225. The first-order chi connectivity index (χ1) is 6.56. The molecule has 0 amide bonds. The largest absolute Gasteiger partial charge is 0.198 e. The summed E-state index contributed by atoms with van der Waals surface area (Å²) in [6.45, 7) is 8.36. The van der Waals surface area contributed by atoms with E-state index >= 15 is 0 Å². The molecule has 14 heavy (non-hydrogen) atoms. The summed E-state index contributed by atoms with van der Waals surface area (Å²) >= 11 is 0. The van der Waals surface area contributed by atoms with Crippen molar-refractivity contribution in [1.29, 1.82) is 5.26 Å². The van der Waals surface area contributed by atoms with Crippen molar-refractivity contribution in [3.8, 4) is 6.07 Å². The molecule has 0 aliphatic rings. The van der Waals surface area contributed by atoms with E-state index in [-0.39, 0.29) is 5.92 Å². The lowest BCUT2D eigenvalue weighted by atomic mass is 9.88. The summed E-state index contributed by atoms with van der Waals surface area (Å²) in [4.78, 5) is 0. The van der Waals surface area contributed by atoms with Gasteiger partial charge in [0.25, 0.3) is 0 Å². The maximum atomic E-state index is 9.06. The zero-order valence-electron chi connectivity index (χ0n) is 9.33.